The van der Waals surface area contributed by atoms with Gasteiger partial charge in [-0.15, -0.1) is 0 Å². The first-order valence-electron chi connectivity index (χ1n) is 4.47. The van der Waals surface area contributed by atoms with E-state index in [2.05, 4.69) is 4.98 Å². The molecule has 0 radical (unpaired) electrons. The summed E-state index contributed by atoms with van der Waals surface area (Å²) in [5, 5.41) is -1.24. The van der Waals surface area contributed by atoms with Crippen LogP contribution in [0, 0.1) is 0 Å². The second-order valence-electron chi connectivity index (χ2n) is 3.21. The molecule has 1 heterocycles. The van der Waals surface area contributed by atoms with Gasteiger partial charge in [0.15, 0.2) is 0 Å². The van der Waals surface area contributed by atoms with Crippen LogP contribution >= 0.6 is 11.6 Å². The van der Waals surface area contributed by atoms with Crippen LogP contribution in [0.4, 0.5) is 22.0 Å². The van der Waals surface area contributed by atoms with E-state index in [0.717, 1.165) is 0 Å². The van der Waals surface area contributed by atoms with Crippen LogP contribution in [0.15, 0.2) is 6.07 Å². The quantitative estimate of drug-likeness (QED) is 0.687. The van der Waals surface area contributed by atoms with Crippen LogP contribution < -0.4 is 5.73 Å². The van der Waals surface area contributed by atoms with Crippen LogP contribution in [-0.4, -0.2) is 10.2 Å². The number of carbonyl (C=O) groups excluding carboxylic acids is 1. The third-order valence-corrected chi connectivity index (χ3v) is 2.23. The Morgan fingerprint density at radius 2 is 2.00 bits per heavy atom. The minimum atomic E-state index is -5.02. The first kappa shape index (κ1) is 14.8. The normalized spacial score (nSPS) is 12.0. The first-order valence-corrected chi connectivity index (χ1v) is 4.85. The van der Waals surface area contributed by atoms with Gasteiger partial charge >= 0.3 is 6.18 Å². The van der Waals surface area contributed by atoms with Gasteiger partial charge in [-0.1, -0.05) is 0 Å². The highest BCUT2D eigenvalue weighted by molar-refractivity contribution is 6.67. The Kier molecular flexibility index (Phi) is 4.23. The maximum absolute atomic E-state index is 12.5. The van der Waals surface area contributed by atoms with Crippen molar-refractivity contribution in [2.45, 2.75) is 19.1 Å². The highest BCUT2D eigenvalue weighted by Crippen LogP contribution is 2.36. The van der Waals surface area contributed by atoms with E-state index in [-0.39, 0.29) is 5.56 Å². The van der Waals surface area contributed by atoms with Gasteiger partial charge in [-0.2, -0.15) is 13.2 Å². The van der Waals surface area contributed by atoms with Crippen molar-refractivity contribution in [3.63, 3.8) is 0 Å². The molecule has 0 aliphatic rings. The maximum atomic E-state index is 12.5. The van der Waals surface area contributed by atoms with Gasteiger partial charge in [0.05, 0.1) is 5.56 Å². The molecule has 0 aliphatic heterocycles. The third-order valence-electron chi connectivity index (χ3n) is 2.05. The standard InChI is InChI=1S/C9H6ClF5N2O/c10-7(18)5-3(2-16)1-4(9(13,14)15)6(17-5)8(11)12/h1,8H,2,16H2. The maximum Gasteiger partial charge on any atom is 0.418 e. The first-order chi connectivity index (χ1) is 8.18. The third kappa shape index (κ3) is 2.94. The molecule has 18 heavy (non-hydrogen) atoms. The van der Waals surface area contributed by atoms with E-state index in [1.165, 1.54) is 0 Å². The highest BCUT2D eigenvalue weighted by atomic mass is 35.5. The van der Waals surface area contributed by atoms with Crippen molar-refractivity contribution < 1.29 is 26.7 Å². The highest BCUT2D eigenvalue weighted by Gasteiger charge is 2.38. The van der Waals surface area contributed by atoms with Crippen LogP contribution in [-0.2, 0) is 12.7 Å². The summed E-state index contributed by atoms with van der Waals surface area (Å²) >= 11 is 5.05. The summed E-state index contributed by atoms with van der Waals surface area (Å²) in [6, 6.07) is 0.365. The molecule has 1 aromatic heterocycles. The van der Waals surface area contributed by atoms with E-state index in [9.17, 15) is 26.7 Å². The predicted molar refractivity (Wildman–Crippen MR) is 52.3 cm³/mol. The molecule has 3 nitrogen and oxygen atoms in total. The fraction of sp³-hybridized carbons (Fsp3) is 0.333. The number of hydrogen-bond donors (Lipinski definition) is 1. The molecule has 0 spiro atoms. The molecule has 0 saturated heterocycles. The Bertz CT molecular complexity index is 475. The number of hydrogen-bond acceptors (Lipinski definition) is 3. The summed E-state index contributed by atoms with van der Waals surface area (Å²) in [6.45, 7) is -0.479. The Balaban J connectivity index is 3.57. The zero-order valence-electron chi connectivity index (χ0n) is 8.56. The van der Waals surface area contributed by atoms with Gasteiger partial charge in [-0.3, -0.25) is 4.79 Å². The van der Waals surface area contributed by atoms with Crippen molar-refractivity contribution >= 4 is 16.8 Å². The van der Waals surface area contributed by atoms with Crippen molar-refractivity contribution in [1.82, 2.24) is 4.98 Å². The average Bonchev–Trinajstić information content (AvgIpc) is 2.25. The van der Waals surface area contributed by atoms with Gasteiger partial charge in [0.25, 0.3) is 11.7 Å². The van der Waals surface area contributed by atoms with Crippen LogP contribution in [0.5, 0.6) is 0 Å². The summed E-state index contributed by atoms with van der Waals surface area (Å²) in [7, 11) is 0. The molecule has 100 valence electrons. The molecule has 0 unspecified atom stereocenters. The minimum Gasteiger partial charge on any atom is -0.326 e. The number of rotatable bonds is 3. The van der Waals surface area contributed by atoms with E-state index >= 15 is 0 Å². The van der Waals surface area contributed by atoms with Gasteiger partial charge in [0.2, 0.25) is 0 Å². The second kappa shape index (κ2) is 5.15. The molecule has 0 fully saturated rings. The number of nitrogens with two attached hydrogens (primary N) is 1. The summed E-state index contributed by atoms with van der Waals surface area (Å²) in [5.74, 6) is 0. The van der Waals surface area contributed by atoms with Crippen molar-refractivity contribution in [1.29, 1.82) is 0 Å². The molecular weight excluding hydrogens is 283 g/mol. The Morgan fingerprint density at radius 3 is 2.33 bits per heavy atom. The van der Waals surface area contributed by atoms with Crippen molar-refractivity contribution in [3.05, 3.63) is 28.6 Å². The molecule has 0 atom stereocenters. The minimum absolute atomic E-state index is 0.341. The zero-order valence-corrected chi connectivity index (χ0v) is 9.32. The topological polar surface area (TPSA) is 56.0 Å². The van der Waals surface area contributed by atoms with E-state index in [4.69, 9.17) is 17.3 Å². The molecule has 0 amide bonds. The lowest BCUT2D eigenvalue weighted by Crippen LogP contribution is -2.17. The van der Waals surface area contributed by atoms with Gasteiger partial charge in [0, 0.05) is 6.54 Å². The van der Waals surface area contributed by atoms with Gasteiger partial charge in [0.1, 0.15) is 11.4 Å². The Hall–Kier alpha value is -1.28. The van der Waals surface area contributed by atoms with Crippen LogP contribution in [0.3, 0.4) is 0 Å². The van der Waals surface area contributed by atoms with E-state index in [0.29, 0.717) is 6.07 Å². The van der Waals surface area contributed by atoms with Crippen molar-refractivity contribution in [2.24, 2.45) is 5.73 Å². The molecular formula is C9H6ClF5N2O. The predicted octanol–water partition coefficient (Wildman–Crippen LogP) is 2.88. The number of carbonyl (C=O) groups is 1. The monoisotopic (exact) mass is 288 g/mol. The lowest BCUT2D eigenvalue weighted by atomic mass is 10.1. The average molecular weight is 289 g/mol. The largest absolute Gasteiger partial charge is 0.418 e. The molecule has 0 aromatic carbocycles. The molecule has 1 rings (SSSR count). The fourth-order valence-electron chi connectivity index (χ4n) is 1.29. The van der Waals surface area contributed by atoms with Gasteiger partial charge < -0.3 is 5.73 Å². The molecule has 0 bridgehead atoms. The van der Waals surface area contributed by atoms with E-state index < -0.39 is 41.3 Å². The lowest BCUT2D eigenvalue weighted by molar-refractivity contribution is -0.140. The molecule has 0 aliphatic carbocycles. The van der Waals surface area contributed by atoms with Gasteiger partial charge in [-0.25, -0.2) is 13.8 Å². The molecule has 9 heteroatoms. The van der Waals surface area contributed by atoms with Crippen molar-refractivity contribution in [2.75, 3.05) is 0 Å². The summed E-state index contributed by atoms with van der Waals surface area (Å²) in [6.07, 6.45) is -8.50. The molecule has 2 N–H and O–H groups in total. The van der Waals surface area contributed by atoms with E-state index in [1.54, 1.807) is 0 Å². The summed E-state index contributed by atoms with van der Waals surface area (Å²) in [5.41, 5.74) is 0.924. The number of nitrogens with zero attached hydrogens (tertiary/aromatic N) is 1. The Morgan fingerprint density at radius 1 is 1.44 bits per heavy atom. The number of alkyl halides is 5. The lowest BCUT2D eigenvalue weighted by Gasteiger charge is -2.14. The van der Waals surface area contributed by atoms with Gasteiger partial charge in [-0.05, 0) is 23.2 Å². The van der Waals surface area contributed by atoms with Crippen LogP contribution in [0.1, 0.15) is 33.7 Å². The molecule has 0 saturated carbocycles. The zero-order chi connectivity index (χ0) is 14.1. The van der Waals surface area contributed by atoms with Crippen molar-refractivity contribution in [3.8, 4) is 0 Å². The van der Waals surface area contributed by atoms with E-state index in [1.807, 2.05) is 0 Å². The van der Waals surface area contributed by atoms with Crippen LogP contribution in [0.2, 0.25) is 0 Å². The number of pyridine rings is 1. The second-order valence-corrected chi connectivity index (χ2v) is 3.55. The van der Waals surface area contributed by atoms with Crippen LogP contribution in [0.25, 0.3) is 0 Å². The fourth-order valence-corrected chi connectivity index (χ4v) is 1.45. The smallest absolute Gasteiger partial charge is 0.326 e. The summed E-state index contributed by atoms with van der Waals surface area (Å²) < 4.78 is 62.6. The summed E-state index contributed by atoms with van der Waals surface area (Å²) in [4.78, 5) is 13.9. The number of halogens is 6. The number of aromatic nitrogens is 1. The SMILES string of the molecule is NCc1cc(C(F)(F)F)c(C(F)F)nc1C(=O)Cl. The molecule has 1 aromatic rings. The Labute approximate surface area is 103 Å².